The molecule has 0 saturated heterocycles. The molecular weight excluding hydrogens is 348 g/mol. The number of benzene rings is 1. The summed E-state index contributed by atoms with van der Waals surface area (Å²) in [6.07, 6.45) is 3.35. The van der Waals surface area contributed by atoms with E-state index in [1.54, 1.807) is 13.0 Å². The van der Waals surface area contributed by atoms with Gasteiger partial charge < -0.3 is 19.3 Å². The first-order valence-corrected chi connectivity index (χ1v) is 9.16. The van der Waals surface area contributed by atoms with Crippen molar-refractivity contribution in [1.82, 2.24) is 0 Å². The van der Waals surface area contributed by atoms with Gasteiger partial charge in [0.15, 0.2) is 5.78 Å². The molecule has 0 radical (unpaired) electrons. The summed E-state index contributed by atoms with van der Waals surface area (Å²) in [7, 11) is 1.34. The summed E-state index contributed by atoms with van der Waals surface area (Å²) >= 11 is 0. The maximum atomic E-state index is 12.9. The Balaban J connectivity index is 2.28. The third-order valence-corrected chi connectivity index (χ3v) is 5.33. The summed E-state index contributed by atoms with van der Waals surface area (Å²) in [6, 6.07) is 0. The summed E-state index contributed by atoms with van der Waals surface area (Å²) < 4.78 is 17.0. The molecule has 0 spiro atoms. The van der Waals surface area contributed by atoms with Crippen LogP contribution in [0.3, 0.4) is 0 Å². The van der Waals surface area contributed by atoms with Crippen molar-refractivity contribution in [2.75, 3.05) is 7.11 Å². The smallest absolute Gasteiger partial charge is 0.306 e. The number of phenols is 1. The molecule has 2 aliphatic rings. The van der Waals surface area contributed by atoms with Crippen molar-refractivity contribution in [2.24, 2.45) is 5.92 Å². The van der Waals surface area contributed by atoms with Crippen molar-refractivity contribution in [1.29, 1.82) is 0 Å². The lowest BCUT2D eigenvalue weighted by atomic mass is 9.83. The molecule has 1 aromatic rings. The van der Waals surface area contributed by atoms with E-state index in [1.165, 1.54) is 7.11 Å². The second kappa shape index (κ2) is 6.59. The molecule has 0 bridgehead atoms. The molecule has 2 heterocycles. The number of Topliss-reactive ketones (excluding diaryl/α,β-unsaturated/α-hetero) is 1. The lowest BCUT2D eigenvalue weighted by molar-refractivity contribution is -0.140. The monoisotopic (exact) mass is 374 g/mol. The first-order valence-electron chi connectivity index (χ1n) is 9.16. The Morgan fingerprint density at radius 1 is 1.33 bits per heavy atom. The topological polar surface area (TPSA) is 82.1 Å². The lowest BCUT2D eigenvalue weighted by Gasteiger charge is -2.36. The highest BCUT2D eigenvalue weighted by Crippen LogP contribution is 2.52. The normalized spacial score (nSPS) is 23.6. The number of carbonyl (C=O) groups excluding carboxylic acids is 2. The summed E-state index contributed by atoms with van der Waals surface area (Å²) in [5, 5.41) is 10.8. The van der Waals surface area contributed by atoms with E-state index in [-0.39, 0.29) is 47.4 Å². The minimum Gasteiger partial charge on any atom is -0.506 e. The van der Waals surface area contributed by atoms with Crippen LogP contribution in [-0.2, 0) is 9.53 Å². The minimum absolute atomic E-state index is 0.106. The molecule has 0 unspecified atom stereocenters. The molecule has 2 aliphatic heterocycles. The first kappa shape index (κ1) is 19.3. The number of carbonyl (C=O) groups is 2. The number of hydrogen-bond acceptors (Lipinski definition) is 6. The molecule has 1 N–H and O–H groups in total. The van der Waals surface area contributed by atoms with E-state index in [9.17, 15) is 14.7 Å². The molecule has 0 amide bonds. The van der Waals surface area contributed by atoms with Crippen LogP contribution in [0.2, 0.25) is 0 Å². The first-order chi connectivity index (χ1) is 12.6. The van der Waals surface area contributed by atoms with Gasteiger partial charge in [0.25, 0.3) is 0 Å². The highest BCUT2D eigenvalue weighted by molar-refractivity contribution is 6.06. The highest BCUT2D eigenvalue weighted by atomic mass is 16.5. The van der Waals surface area contributed by atoms with E-state index in [2.05, 4.69) is 0 Å². The third kappa shape index (κ3) is 3.17. The summed E-state index contributed by atoms with van der Waals surface area (Å²) in [5.74, 6) is -0.619. The number of hydrogen-bond donors (Lipinski definition) is 1. The van der Waals surface area contributed by atoms with E-state index >= 15 is 0 Å². The Labute approximate surface area is 159 Å². The predicted octanol–water partition coefficient (Wildman–Crippen LogP) is 3.84. The molecule has 0 fully saturated rings. The summed E-state index contributed by atoms with van der Waals surface area (Å²) in [4.78, 5) is 24.8. The Hall–Kier alpha value is -2.50. The maximum absolute atomic E-state index is 12.9. The molecule has 1 aromatic carbocycles. The fourth-order valence-electron chi connectivity index (χ4n) is 3.54. The van der Waals surface area contributed by atoms with E-state index in [0.717, 1.165) is 0 Å². The zero-order chi connectivity index (χ0) is 20.1. The third-order valence-electron chi connectivity index (χ3n) is 5.33. The summed E-state index contributed by atoms with van der Waals surface area (Å²) in [5.41, 5.74) is 0.635. The van der Waals surface area contributed by atoms with Crippen LogP contribution >= 0.6 is 0 Å². The van der Waals surface area contributed by atoms with Crippen molar-refractivity contribution in [2.45, 2.75) is 58.7 Å². The van der Waals surface area contributed by atoms with Crippen LogP contribution < -0.4 is 9.47 Å². The maximum Gasteiger partial charge on any atom is 0.306 e. The number of phenolic OH excluding ortho intramolecular Hbond substituents is 1. The molecule has 6 nitrogen and oxygen atoms in total. The van der Waals surface area contributed by atoms with E-state index < -0.39 is 5.60 Å². The van der Waals surface area contributed by atoms with Gasteiger partial charge in [0.2, 0.25) is 0 Å². The van der Waals surface area contributed by atoms with Crippen LogP contribution in [-0.4, -0.2) is 35.7 Å². The minimum atomic E-state index is -0.592. The zero-order valence-electron chi connectivity index (χ0n) is 16.6. The van der Waals surface area contributed by atoms with Gasteiger partial charge in [-0.05, 0) is 38.8 Å². The van der Waals surface area contributed by atoms with E-state index in [4.69, 9.17) is 14.2 Å². The van der Waals surface area contributed by atoms with Gasteiger partial charge in [-0.2, -0.15) is 0 Å². The summed E-state index contributed by atoms with van der Waals surface area (Å²) in [6.45, 7) is 9.25. The van der Waals surface area contributed by atoms with Crippen molar-refractivity contribution >= 4 is 17.8 Å². The van der Waals surface area contributed by atoms with Crippen LogP contribution in [0, 0.1) is 5.92 Å². The molecule has 146 valence electrons. The van der Waals surface area contributed by atoms with Gasteiger partial charge in [0.1, 0.15) is 34.5 Å². The van der Waals surface area contributed by atoms with E-state index in [1.807, 2.05) is 33.8 Å². The second-order valence-electron chi connectivity index (χ2n) is 7.91. The lowest BCUT2D eigenvalue weighted by Crippen LogP contribution is -2.35. The Morgan fingerprint density at radius 2 is 2.00 bits per heavy atom. The molecule has 0 saturated carbocycles. The van der Waals surface area contributed by atoms with E-state index in [0.29, 0.717) is 22.6 Å². The van der Waals surface area contributed by atoms with Gasteiger partial charge in [-0.25, -0.2) is 0 Å². The average Bonchev–Trinajstić information content (AvgIpc) is 2.58. The van der Waals surface area contributed by atoms with Gasteiger partial charge in [-0.1, -0.05) is 13.8 Å². The molecule has 6 heteroatoms. The molecule has 27 heavy (non-hydrogen) atoms. The molecule has 0 aromatic heterocycles. The van der Waals surface area contributed by atoms with Crippen molar-refractivity contribution < 1.29 is 28.9 Å². The number of ether oxygens (including phenoxy) is 3. The molecule has 0 aliphatic carbocycles. The number of fused-ring (bicyclic) bond motifs is 2. The number of methoxy groups -OCH3 is 1. The number of ketones is 1. The van der Waals surface area contributed by atoms with Gasteiger partial charge >= 0.3 is 5.97 Å². The molecule has 3 atom stereocenters. The number of aromatic hydroxyl groups is 1. The SMILES string of the molecule is COC(=O)C[C@H](C)c1c2c(c(O)c3c1O[C@@H](C)[C@H](C)C3=O)C=CC(C)(C)O2. The van der Waals surface area contributed by atoms with Crippen molar-refractivity contribution in [3.05, 3.63) is 22.8 Å². The van der Waals surface area contributed by atoms with Gasteiger partial charge in [-0.15, -0.1) is 0 Å². The molecule has 3 rings (SSSR count). The Bertz CT molecular complexity index is 836. The standard InChI is InChI=1S/C21H26O6/c1-10(9-14(22)25-6)15-19-13(7-8-21(4,5)27-19)18(24)16-17(23)11(2)12(3)26-20(15)16/h7-8,10-12,24H,9H2,1-6H3/t10-,11-,12-/m0/s1. The average molecular weight is 374 g/mol. The van der Waals surface area contributed by atoms with Crippen molar-refractivity contribution in [3.63, 3.8) is 0 Å². The van der Waals surface area contributed by atoms with Crippen molar-refractivity contribution in [3.8, 4) is 17.2 Å². The highest BCUT2D eigenvalue weighted by Gasteiger charge is 2.41. The number of rotatable bonds is 3. The molecular formula is C21H26O6. The van der Waals surface area contributed by atoms with Crippen LogP contribution in [0.5, 0.6) is 17.2 Å². The fourth-order valence-corrected chi connectivity index (χ4v) is 3.54. The zero-order valence-corrected chi connectivity index (χ0v) is 16.6. The predicted molar refractivity (Wildman–Crippen MR) is 100 cm³/mol. The van der Waals surface area contributed by atoms with Crippen LogP contribution in [0.15, 0.2) is 6.08 Å². The fraction of sp³-hybridized carbons (Fsp3) is 0.524. The van der Waals surface area contributed by atoms with Crippen LogP contribution in [0.1, 0.15) is 68.4 Å². The largest absolute Gasteiger partial charge is 0.506 e. The van der Waals surface area contributed by atoms with Gasteiger partial charge in [0, 0.05) is 5.56 Å². The Kier molecular flexibility index (Phi) is 4.70. The quantitative estimate of drug-likeness (QED) is 0.810. The van der Waals surface area contributed by atoms with Crippen LogP contribution in [0.4, 0.5) is 0 Å². The Morgan fingerprint density at radius 3 is 2.63 bits per heavy atom. The number of esters is 1. The van der Waals surface area contributed by atoms with Crippen LogP contribution in [0.25, 0.3) is 6.08 Å². The van der Waals surface area contributed by atoms with Gasteiger partial charge in [0.05, 0.1) is 25.0 Å². The second-order valence-corrected chi connectivity index (χ2v) is 7.91. The van der Waals surface area contributed by atoms with Gasteiger partial charge in [-0.3, -0.25) is 9.59 Å².